The lowest BCUT2D eigenvalue weighted by molar-refractivity contribution is -0.128. The third kappa shape index (κ3) is 3.17. The minimum atomic E-state index is 0.0788. The average Bonchev–Trinajstić information content (AvgIpc) is 2.40. The van der Waals surface area contributed by atoms with Gasteiger partial charge in [0.05, 0.1) is 14.2 Å². The minimum Gasteiger partial charge on any atom is -0.493 e. The molecule has 0 heterocycles. The molecule has 0 unspecified atom stereocenters. The Morgan fingerprint density at radius 2 is 2.00 bits per heavy atom. The zero-order chi connectivity index (χ0) is 13.8. The molecule has 0 bridgehead atoms. The van der Waals surface area contributed by atoms with Crippen molar-refractivity contribution in [2.75, 3.05) is 14.2 Å². The second kappa shape index (κ2) is 5.93. The monoisotopic (exact) mass is 264 g/mol. The summed E-state index contributed by atoms with van der Waals surface area (Å²) in [7, 11) is 3.19. The number of benzene rings is 1. The highest BCUT2D eigenvalue weighted by atomic mass is 16.5. The van der Waals surface area contributed by atoms with E-state index in [4.69, 9.17) is 15.2 Å². The fourth-order valence-corrected chi connectivity index (χ4v) is 2.20. The molecular weight excluding hydrogens is 244 g/mol. The largest absolute Gasteiger partial charge is 0.493 e. The van der Waals surface area contributed by atoms with Crippen molar-refractivity contribution in [3.8, 4) is 11.5 Å². The summed E-state index contributed by atoms with van der Waals surface area (Å²) in [6, 6.07) is 5.80. The summed E-state index contributed by atoms with van der Waals surface area (Å²) in [5, 5.41) is 2.92. The van der Waals surface area contributed by atoms with E-state index in [9.17, 15) is 4.79 Å². The van der Waals surface area contributed by atoms with E-state index in [0.717, 1.165) is 18.4 Å². The van der Waals surface area contributed by atoms with Crippen molar-refractivity contribution >= 4 is 5.91 Å². The molecule has 0 atom stereocenters. The molecule has 0 radical (unpaired) electrons. The number of amides is 1. The molecular formula is C14H20N2O3. The van der Waals surface area contributed by atoms with Crippen LogP contribution in [-0.4, -0.2) is 26.2 Å². The van der Waals surface area contributed by atoms with E-state index in [2.05, 4.69) is 5.32 Å². The predicted molar refractivity (Wildman–Crippen MR) is 72.1 cm³/mol. The number of nitrogens with two attached hydrogens (primary N) is 1. The summed E-state index contributed by atoms with van der Waals surface area (Å²) in [6.07, 6.45) is 1.58. The Balaban J connectivity index is 1.90. The summed E-state index contributed by atoms with van der Waals surface area (Å²) >= 11 is 0. The van der Waals surface area contributed by atoms with Gasteiger partial charge in [-0.1, -0.05) is 6.07 Å². The van der Waals surface area contributed by atoms with Crippen LogP contribution in [0.15, 0.2) is 18.2 Å². The number of carbonyl (C=O) groups is 1. The number of nitrogens with one attached hydrogen (secondary N) is 1. The summed E-state index contributed by atoms with van der Waals surface area (Å²) in [5.74, 6) is 1.51. The molecule has 3 N–H and O–H groups in total. The first kappa shape index (κ1) is 13.7. The third-order valence-corrected chi connectivity index (χ3v) is 3.46. The number of hydrogen-bond acceptors (Lipinski definition) is 4. The molecule has 104 valence electrons. The molecule has 2 rings (SSSR count). The van der Waals surface area contributed by atoms with Crippen LogP contribution in [0.1, 0.15) is 18.4 Å². The second-order valence-electron chi connectivity index (χ2n) is 4.84. The maximum Gasteiger partial charge on any atom is 0.223 e. The van der Waals surface area contributed by atoms with Crippen molar-refractivity contribution in [3.05, 3.63) is 23.8 Å². The number of hydrogen-bond donors (Lipinski definition) is 2. The molecule has 0 spiro atoms. The number of ether oxygens (including phenoxy) is 2. The fraction of sp³-hybridized carbons (Fsp3) is 0.500. The Bertz CT molecular complexity index is 456. The summed E-state index contributed by atoms with van der Waals surface area (Å²) in [6.45, 7) is 0.491. The molecule has 5 heteroatoms. The fourth-order valence-electron chi connectivity index (χ4n) is 2.20. The SMILES string of the molecule is COc1ccc(CNC(=O)C2CC(N)C2)cc1OC. The molecule has 0 aromatic heterocycles. The molecule has 19 heavy (non-hydrogen) atoms. The second-order valence-corrected chi connectivity index (χ2v) is 4.84. The van der Waals surface area contributed by atoms with Crippen molar-refractivity contribution in [1.29, 1.82) is 0 Å². The van der Waals surface area contributed by atoms with Crippen molar-refractivity contribution in [3.63, 3.8) is 0 Å². The molecule has 1 aliphatic carbocycles. The molecule has 1 aliphatic rings. The zero-order valence-corrected chi connectivity index (χ0v) is 11.3. The number of carbonyl (C=O) groups excluding carboxylic acids is 1. The van der Waals surface area contributed by atoms with Crippen LogP contribution >= 0.6 is 0 Å². The smallest absolute Gasteiger partial charge is 0.223 e. The summed E-state index contributed by atoms with van der Waals surface area (Å²) in [5.41, 5.74) is 6.65. The predicted octanol–water partition coefficient (Wildman–Crippen LogP) is 1.06. The summed E-state index contributed by atoms with van der Waals surface area (Å²) in [4.78, 5) is 11.8. The molecule has 1 aromatic carbocycles. The van der Waals surface area contributed by atoms with Gasteiger partial charge in [-0.05, 0) is 30.5 Å². The van der Waals surface area contributed by atoms with Crippen LogP contribution in [0.4, 0.5) is 0 Å². The Kier molecular flexibility index (Phi) is 4.27. The van der Waals surface area contributed by atoms with Crippen molar-refractivity contribution in [1.82, 2.24) is 5.32 Å². The van der Waals surface area contributed by atoms with E-state index in [1.54, 1.807) is 14.2 Å². The standard InChI is InChI=1S/C14H20N2O3/c1-18-12-4-3-9(5-13(12)19-2)8-16-14(17)10-6-11(15)7-10/h3-5,10-11H,6-8,15H2,1-2H3,(H,16,17). The zero-order valence-electron chi connectivity index (χ0n) is 11.3. The van der Waals surface area contributed by atoms with Gasteiger partial charge in [-0.2, -0.15) is 0 Å². The van der Waals surface area contributed by atoms with Gasteiger partial charge in [0.15, 0.2) is 11.5 Å². The van der Waals surface area contributed by atoms with Gasteiger partial charge in [-0.15, -0.1) is 0 Å². The van der Waals surface area contributed by atoms with Gasteiger partial charge in [0, 0.05) is 18.5 Å². The van der Waals surface area contributed by atoms with Crippen molar-refractivity contribution < 1.29 is 14.3 Å². The van der Waals surface area contributed by atoms with Gasteiger partial charge in [-0.3, -0.25) is 4.79 Å². The van der Waals surface area contributed by atoms with Crippen LogP contribution in [-0.2, 0) is 11.3 Å². The first-order valence-corrected chi connectivity index (χ1v) is 6.38. The molecule has 1 aromatic rings. The maximum atomic E-state index is 11.8. The van der Waals surface area contributed by atoms with E-state index >= 15 is 0 Å². The van der Waals surface area contributed by atoms with Gasteiger partial charge < -0.3 is 20.5 Å². The van der Waals surface area contributed by atoms with Gasteiger partial charge in [0.1, 0.15) is 0 Å². The molecule has 5 nitrogen and oxygen atoms in total. The Morgan fingerprint density at radius 1 is 1.32 bits per heavy atom. The maximum absolute atomic E-state index is 11.8. The van der Waals surface area contributed by atoms with Crippen LogP contribution < -0.4 is 20.5 Å². The lowest BCUT2D eigenvalue weighted by Gasteiger charge is -2.31. The highest BCUT2D eigenvalue weighted by Crippen LogP contribution is 2.28. The van der Waals surface area contributed by atoms with E-state index in [1.165, 1.54) is 0 Å². The lowest BCUT2D eigenvalue weighted by Crippen LogP contribution is -2.44. The first-order chi connectivity index (χ1) is 9.13. The van der Waals surface area contributed by atoms with E-state index in [-0.39, 0.29) is 17.9 Å². The number of rotatable bonds is 5. The van der Waals surface area contributed by atoms with E-state index in [1.807, 2.05) is 18.2 Å². The van der Waals surface area contributed by atoms with Crippen molar-refractivity contribution in [2.45, 2.75) is 25.4 Å². The topological polar surface area (TPSA) is 73.6 Å². The summed E-state index contributed by atoms with van der Waals surface area (Å²) < 4.78 is 10.4. The quantitative estimate of drug-likeness (QED) is 0.834. The normalized spacial score (nSPS) is 21.4. The van der Waals surface area contributed by atoms with Crippen LogP contribution in [0.25, 0.3) is 0 Å². The average molecular weight is 264 g/mol. The molecule has 1 amide bonds. The molecule has 1 saturated carbocycles. The first-order valence-electron chi connectivity index (χ1n) is 6.38. The van der Waals surface area contributed by atoms with Gasteiger partial charge in [0.25, 0.3) is 0 Å². The Morgan fingerprint density at radius 3 is 2.58 bits per heavy atom. The number of methoxy groups -OCH3 is 2. The molecule has 1 fully saturated rings. The van der Waals surface area contributed by atoms with Gasteiger partial charge >= 0.3 is 0 Å². The van der Waals surface area contributed by atoms with Crippen LogP contribution in [0.5, 0.6) is 11.5 Å². The highest BCUT2D eigenvalue weighted by molar-refractivity contribution is 5.79. The van der Waals surface area contributed by atoms with Gasteiger partial charge in [-0.25, -0.2) is 0 Å². The Hall–Kier alpha value is -1.75. The third-order valence-electron chi connectivity index (χ3n) is 3.46. The minimum absolute atomic E-state index is 0.0788. The van der Waals surface area contributed by atoms with Crippen LogP contribution in [0.2, 0.25) is 0 Å². The van der Waals surface area contributed by atoms with Crippen molar-refractivity contribution in [2.24, 2.45) is 11.7 Å². The Labute approximate surface area is 113 Å². The molecule has 0 aliphatic heterocycles. The lowest BCUT2D eigenvalue weighted by atomic mass is 9.80. The van der Waals surface area contributed by atoms with E-state index in [0.29, 0.717) is 18.0 Å². The van der Waals surface area contributed by atoms with E-state index < -0.39 is 0 Å². The highest BCUT2D eigenvalue weighted by Gasteiger charge is 2.31. The van der Waals surface area contributed by atoms with Crippen LogP contribution in [0.3, 0.4) is 0 Å². The van der Waals surface area contributed by atoms with Gasteiger partial charge in [0.2, 0.25) is 5.91 Å². The molecule has 0 saturated heterocycles. The van der Waals surface area contributed by atoms with Crippen LogP contribution in [0, 0.1) is 5.92 Å².